The highest BCUT2D eigenvalue weighted by Gasteiger charge is 2.05. The Hall–Kier alpha value is -3.24. The fourth-order valence-corrected chi connectivity index (χ4v) is 2.09. The zero-order valence-corrected chi connectivity index (χ0v) is 14.7. The first-order valence-electron chi connectivity index (χ1n) is 7.50. The van der Waals surface area contributed by atoms with Crippen LogP contribution in [-0.2, 0) is 4.79 Å². The molecule has 0 atom stereocenters. The summed E-state index contributed by atoms with van der Waals surface area (Å²) in [5.41, 5.74) is 3.04. The van der Waals surface area contributed by atoms with E-state index < -0.39 is 5.91 Å². The highest BCUT2D eigenvalue weighted by molar-refractivity contribution is 6.30. The molecule has 2 aromatic carbocycles. The number of rotatable bonds is 8. The number of amides is 1. The standard InChI is InChI=1S/C18H16ClN3O4/c1-24-17-9-13(5-6-16(17)25-8-7-20)11-21-22-18(23)12-26-15-4-2-3-14(19)10-15/h2-6,9-11H,8,12H2,1H3,(H,22,23)/b21-11+. The monoisotopic (exact) mass is 373 g/mol. The van der Waals surface area contributed by atoms with Gasteiger partial charge in [0.05, 0.1) is 13.3 Å². The van der Waals surface area contributed by atoms with Gasteiger partial charge in [-0.25, -0.2) is 5.43 Å². The van der Waals surface area contributed by atoms with Crippen molar-refractivity contribution in [1.82, 2.24) is 5.43 Å². The van der Waals surface area contributed by atoms with E-state index in [4.69, 9.17) is 31.1 Å². The summed E-state index contributed by atoms with van der Waals surface area (Å²) in [6, 6.07) is 13.7. The van der Waals surface area contributed by atoms with Crippen LogP contribution in [0.3, 0.4) is 0 Å². The van der Waals surface area contributed by atoms with Crippen LogP contribution >= 0.6 is 11.6 Å². The predicted octanol–water partition coefficient (Wildman–Crippen LogP) is 2.78. The average molecular weight is 374 g/mol. The molecule has 0 saturated carbocycles. The van der Waals surface area contributed by atoms with Crippen LogP contribution in [0.2, 0.25) is 5.02 Å². The molecule has 7 nitrogen and oxygen atoms in total. The topological polar surface area (TPSA) is 92.9 Å². The van der Waals surface area contributed by atoms with Crippen LogP contribution in [0.1, 0.15) is 5.56 Å². The summed E-state index contributed by atoms with van der Waals surface area (Å²) < 4.78 is 15.7. The van der Waals surface area contributed by atoms with Gasteiger partial charge < -0.3 is 14.2 Å². The summed E-state index contributed by atoms with van der Waals surface area (Å²) in [5.74, 6) is 0.987. The van der Waals surface area contributed by atoms with Crippen molar-refractivity contribution in [3.05, 3.63) is 53.1 Å². The highest BCUT2D eigenvalue weighted by atomic mass is 35.5. The third-order valence-corrected chi connectivity index (χ3v) is 3.28. The normalized spacial score (nSPS) is 10.2. The number of methoxy groups -OCH3 is 1. The van der Waals surface area contributed by atoms with Gasteiger partial charge in [-0.3, -0.25) is 4.79 Å². The first kappa shape index (κ1) is 19.1. The number of benzene rings is 2. The molecule has 0 bridgehead atoms. The Balaban J connectivity index is 1.87. The number of halogens is 1. The molecule has 1 amide bonds. The molecule has 0 aliphatic heterocycles. The van der Waals surface area contributed by atoms with Gasteiger partial charge in [0.25, 0.3) is 5.91 Å². The first-order chi connectivity index (χ1) is 12.6. The maximum absolute atomic E-state index is 11.7. The second-order valence-electron chi connectivity index (χ2n) is 4.90. The van der Waals surface area contributed by atoms with E-state index in [1.807, 2.05) is 6.07 Å². The van der Waals surface area contributed by atoms with Gasteiger partial charge in [-0.05, 0) is 42.0 Å². The Labute approximate surface area is 155 Å². The Morgan fingerprint density at radius 3 is 2.85 bits per heavy atom. The second kappa shape index (κ2) is 9.91. The Morgan fingerprint density at radius 2 is 2.12 bits per heavy atom. The van der Waals surface area contributed by atoms with Gasteiger partial charge in [-0.1, -0.05) is 17.7 Å². The third kappa shape index (κ3) is 6.00. The summed E-state index contributed by atoms with van der Waals surface area (Å²) in [6.07, 6.45) is 1.45. The lowest BCUT2D eigenvalue weighted by Crippen LogP contribution is -2.24. The van der Waals surface area contributed by atoms with Crippen molar-refractivity contribution >= 4 is 23.7 Å². The molecule has 0 spiro atoms. The zero-order chi connectivity index (χ0) is 18.8. The summed E-state index contributed by atoms with van der Waals surface area (Å²) in [5, 5.41) is 12.9. The number of carbonyl (C=O) groups is 1. The molecule has 2 aromatic rings. The summed E-state index contributed by atoms with van der Waals surface area (Å²) >= 11 is 5.84. The minimum atomic E-state index is -0.415. The number of ether oxygens (including phenoxy) is 3. The minimum absolute atomic E-state index is 0.0769. The smallest absolute Gasteiger partial charge is 0.277 e. The van der Waals surface area contributed by atoms with E-state index in [1.54, 1.807) is 42.5 Å². The lowest BCUT2D eigenvalue weighted by Gasteiger charge is -2.08. The number of hydrogen-bond acceptors (Lipinski definition) is 6. The summed E-state index contributed by atoms with van der Waals surface area (Å²) in [7, 11) is 1.49. The van der Waals surface area contributed by atoms with E-state index >= 15 is 0 Å². The maximum atomic E-state index is 11.7. The van der Waals surface area contributed by atoms with Gasteiger partial charge in [0.1, 0.15) is 11.8 Å². The average Bonchev–Trinajstić information content (AvgIpc) is 2.65. The van der Waals surface area contributed by atoms with E-state index in [2.05, 4.69) is 10.5 Å². The van der Waals surface area contributed by atoms with Crippen LogP contribution in [0.25, 0.3) is 0 Å². The quantitative estimate of drug-likeness (QED) is 0.567. The van der Waals surface area contributed by atoms with Crippen molar-refractivity contribution in [1.29, 1.82) is 5.26 Å². The number of hydrazone groups is 1. The highest BCUT2D eigenvalue weighted by Crippen LogP contribution is 2.27. The molecule has 0 aliphatic carbocycles. The maximum Gasteiger partial charge on any atom is 0.277 e. The van der Waals surface area contributed by atoms with Crippen LogP contribution < -0.4 is 19.6 Å². The Kier molecular flexibility index (Phi) is 7.28. The van der Waals surface area contributed by atoms with Crippen molar-refractivity contribution in [2.45, 2.75) is 0 Å². The molecule has 0 aliphatic rings. The molecule has 1 N–H and O–H groups in total. The summed E-state index contributed by atoms with van der Waals surface area (Å²) in [6.45, 7) is -0.269. The number of carbonyl (C=O) groups excluding carboxylic acids is 1. The van der Waals surface area contributed by atoms with Gasteiger partial charge in [0.15, 0.2) is 24.7 Å². The van der Waals surface area contributed by atoms with E-state index in [0.717, 1.165) is 0 Å². The molecular weight excluding hydrogens is 358 g/mol. The van der Waals surface area contributed by atoms with E-state index in [1.165, 1.54) is 13.3 Å². The first-order valence-corrected chi connectivity index (χ1v) is 7.88. The van der Waals surface area contributed by atoms with Crippen LogP contribution in [0.15, 0.2) is 47.6 Å². The van der Waals surface area contributed by atoms with Crippen LogP contribution in [-0.4, -0.2) is 32.4 Å². The molecule has 26 heavy (non-hydrogen) atoms. The van der Waals surface area contributed by atoms with Crippen molar-refractivity contribution in [3.63, 3.8) is 0 Å². The lowest BCUT2D eigenvalue weighted by molar-refractivity contribution is -0.123. The van der Waals surface area contributed by atoms with Gasteiger partial charge in [0.2, 0.25) is 0 Å². The molecule has 2 rings (SSSR count). The number of nitrogens with zero attached hydrogens (tertiary/aromatic N) is 2. The number of hydrogen-bond donors (Lipinski definition) is 1. The largest absolute Gasteiger partial charge is 0.493 e. The molecule has 0 aromatic heterocycles. The van der Waals surface area contributed by atoms with Crippen molar-refractivity contribution in [2.75, 3.05) is 20.3 Å². The SMILES string of the molecule is COc1cc(/C=N/NC(=O)COc2cccc(Cl)c2)ccc1OCC#N. The van der Waals surface area contributed by atoms with Crippen LogP contribution in [0, 0.1) is 11.3 Å². The van der Waals surface area contributed by atoms with Gasteiger partial charge in [0, 0.05) is 5.02 Å². The Bertz CT molecular complexity index is 833. The molecule has 0 fully saturated rings. The molecule has 0 saturated heterocycles. The van der Waals surface area contributed by atoms with Crippen molar-refractivity contribution in [3.8, 4) is 23.3 Å². The minimum Gasteiger partial charge on any atom is -0.493 e. The Morgan fingerprint density at radius 1 is 1.27 bits per heavy atom. The van der Waals surface area contributed by atoms with Crippen molar-refractivity contribution in [2.24, 2.45) is 5.10 Å². The van der Waals surface area contributed by atoms with Gasteiger partial charge in [-0.2, -0.15) is 10.4 Å². The number of nitrogens with one attached hydrogen (secondary N) is 1. The van der Waals surface area contributed by atoms with E-state index in [-0.39, 0.29) is 13.2 Å². The van der Waals surface area contributed by atoms with Crippen LogP contribution in [0.4, 0.5) is 0 Å². The summed E-state index contributed by atoms with van der Waals surface area (Å²) in [4.78, 5) is 11.7. The fraction of sp³-hybridized carbons (Fsp3) is 0.167. The molecule has 134 valence electrons. The predicted molar refractivity (Wildman–Crippen MR) is 96.8 cm³/mol. The zero-order valence-electron chi connectivity index (χ0n) is 13.9. The lowest BCUT2D eigenvalue weighted by atomic mass is 10.2. The van der Waals surface area contributed by atoms with Crippen molar-refractivity contribution < 1.29 is 19.0 Å². The molecule has 0 heterocycles. The van der Waals surface area contributed by atoms with E-state index in [0.29, 0.717) is 27.8 Å². The van der Waals surface area contributed by atoms with E-state index in [9.17, 15) is 4.79 Å². The molecule has 0 unspecified atom stereocenters. The molecule has 0 radical (unpaired) electrons. The second-order valence-corrected chi connectivity index (χ2v) is 5.33. The van der Waals surface area contributed by atoms with Gasteiger partial charge in [-0.15, -0.1) is 0 Å². The third-order valence-electron chi connectivity index (χ3n) is 3.05. The fourth-order valence-electron chi connectivity index (χ4n) is 1.91. The van der Waals surface area contributed by atoms with Crippen LogP contribution in [0.5, 0.6) is 17.2 Å². The number of nitriles is 1. The molecular formula is C18H16ClN3O4. The van der Waals surface area contributed by atoms with Gasteiger partial charge >= 0.3 is 0 Å². The molecule has 8 heteroatoms.